The number of hydrogen-bond acceptors (Lipinski definition) is 4. The predicted molar refractivity (Wildman–Crippen MR) is 119 cm³/mol. The van der Waals surface area contributed by atoms with Crippen molar-refractivity contribution in [3.05, 3.63) is 78.1 Å². The number of benzene rings is 1. The summed E-state index contributed by atoms with van der Waals surface area (Å²) in [6, 6.07) is 15.9. The third kappa shape index (κ3) is 4.37. The summed E-state index contributed by atoms with van der Waals surface area (Å²) >= 11 is 5.68. The number of halogens is 1. The highest BCUT2D eigenvalue weighted by molar-refractivity contribution is 7.80. The van der Waals surface area contributed by atoms with Crippen LogP contribution in [0, 0.1) is 5.82 Å². The van der Waals surface area contributed by atoms with Crippen molar-refractivity contribution in [2.24, 2.45) is 0 Å². The maximum atomic E-state index is 13.3. The van der Waals surface area contributed by atoms with Gasteiger partial charge in [0.15, 0.2) is 5.11 Å². The van der Waals surface area contributed by atoms with Gasteiger partial charge < -0.3 is 19.5 Å². The van der Waals surface area contributed by atoms with Crippen LogP contribution in [0.4, 0.5) is 4.39 Å². The summed E-state index contributed by atoms with van der Waals surface area (Å²) in [6.45, 7) is 1.78. The second-order valence-corrected chi connectivity index (χ2v) is 8.07. The third-order valence-corrected chi connectivity index (χ3v) is 5.60. The lowest BCUT2D eigenvalue weighted by molar-refractivity contribution is 0.261. The van der Waals surface area contributed by atoms with Crippen molar-refractivity contribution < 1.29 is 8.81 Å². The molecule has 0 saturated carbocycles. The standard InChI is InChI=1S/C23H25FN4OS/c1-27(2)14-5-15-28-22(21(26-23(28)30)18-6-3-4-13-25-18)20-12-11-19(29-20)16-7-9-17(24)10-8-16/h3-4,6-13,21-22H,5,14-15H2,1-2H3,(H,26,30). The highest BCUT2D eigenvalue weighted by Gasteiger charge is 2.41. The lowest BCUT2D eigenvalue weighted by Gasteiger charge is -2.26. The number of nitrogens with one attached hydrogen (secondary N) is 1. The fourth-order valence-corrected chi connectivity index (χ4v) is 4.13. The smallest absolute Gasteiger partial charge is 0.170 e. The second-order valence-electron chi connectivity index (χ2n) is 7.69. The second kappa shape index (κ2) is 8.93. The fraction of sp³-hybridized carbons (Fsp3) is 0.304. The Balaban J connectivity index is 1.65. The van der Waals surface area contributed by atoms with E-state index in [1.807, 2.05) is 30.3 Å². The van der Waals surface area contributed by atoms with E-state index in [1.54, 1.807) is 18.3 Å². The quantitative estimate of drug-likeness (QED) is 0.567. The van der Waals surface area contributed by atoms with E-state index in [4.69, 9.17) is 16.6 Å². The summed E-state index contributed by atoms with van der Waals surface area (Å²) in [5.74, 6) is 1.25. The van der Waals surface area contributed by atoms with E-state index in [-0.39, 0.29) is 17.9 Å². The van der Waals surface area contributed by atoms with Gasteiger partial charge in [-0.2, -0.15) is 0 Å². The number of aromatic nitrogens is 1. The van der Waals surface area contributed by atoms with Crippen molar-refractivity contribution in [1.82, 2.24) is 20.1 Å². The van der Waals surface area contributed by atoms with E-state index < -0.39 is 0 Å². The molecule has 2 aromatic heterocycles. The minimum absolute atomic E-state index is 0.106. The van der Waals surface area contributed by atoms with Gasteiger partial charge in [-0.25, -0.2) is 4.39 Å². The molecule has 2 atom stereocenters. The van der Waals surface area contributed by atoms with Crippen molar-refractivity contribution in [1.29, 1.82) is 0 Å². The molecule has 7 heteroatoms. The summed E-state index contributed by atoms with van der Waals surface area (Å²) in [5, 5.41) is 4.14. The van der Waals surface area contributed by atoms with Crippen LogP contribution in [0.3, 0.4) is 0 Å². The molecule has 30 heavy (non-hydrogen) atoms. The van der Waals surface area contributed by atoms with Crippen molar-refractivity contribution in [2.75, 3.05) is 27.2 Å². The molecule has 4 rings (SSSR count). The molecule has 3 heterocycles. The molecule has 1 fully saturated rings. The molecule has 1 saturated heterocycles. The molecule has 1 aliphatic rings. The molecule has 1 aromatic carbocycles. The molecule has 0 radical (unpaired) electrons. The Labute approximate surface area is 181 Å². The van der Waals surface area contributed by atoms with Crippen LogP contribution in [-0.4, -0.2) is 47.1 Å². The van der Waals surface area contributed by atoms with Gasteiger partial charge in [-0.05, 0) is 87.8 Å². The van der Waals surface area contributed by atoms with Crippen LogP contribution in [0.25, 0.3) is 11.3 Å². The average molecular weight is 425 g/mol. The number of furan rings is 1. The zero-order chi connectivity index (χ0) is 21.1. The highest BCUT2D eigenvalue weighted by Crippen LogP contribution is 2.40. The molecule has 0 spiro atoms. The fourth-order valence-electron chi connectivity index (χ4n) is 3.79. The van der Waals surface area contributed by atoms with Crippen molar-refractivity contribution in [3.8, 4) is 11.3 Å². The van der Waals surface area contributed by atoms with Gasteiger partial charge in [-0.3, -0.25) is 4.98 Å². The van der Waals surface area contributed by atoms with Gasteiger partial charge in [0.2, 0.25) is 0 Å². The van der Waals surface area contributed by atoms with E-state index in [2.05, 4.69) is 34.2 Å². The molecule has 156 valence electrons. The first-order valence-corrected chi connectivity index (χ1v) is 10.4. The molecule has 1 N–H and O–H groups in total. The van der Waals surface area contributed by atoms with E-state index in [0.717, 1.165) is 36.5 Å². The van der Waals surface area contributed by atoms with Crippen LogP contribution in [-0.2, 0) is 0 Å². The summed E-state index contributed by atoms with van der Waals surface area (Å²) in [7, 11) is 4.13. The van der Waals surface area contributed by atoms with Crippen LogP contribution in [0.2, 0.25) is 0 Å². The summed E-state index contributed by atoms with van der Waals surface area (Å²) in [6.07, 6.45) is 2.77. The zero-order valence-corrected chi connectivity index (χ0v) is 17.9. The Morgan fingerprint density at radius 3 is 2.63 bits per heavy atom. The topological polar surface area (TPSA) is 44.5 Å². The highest BCUT2D eigenvalue weighted by atomic mass is 32.1. The van der Waals surface area contributed by atoms with Crippen molar-refractivity contribution in [2.45, 2.75) is 18.5 Å². The van der Waals surface area contributed by atoms with Gasteiger partial charge in [0.25, 0.3) is 0 Å². The Morgan fingerprint density at radius 2 is 1.93 bits per heavy atom. The van der Waals surface area contributed by atoms with Crippen molar-refractivity contribution >= 4 is 17.3 Å². The number of nitrogens with zero attached hydrogens (tertiary/aromatic N) is 3. The minimum Gasteiger partial charge on any atom is -0.459 e. The van der Waals surface area contributed by atoms with Crippen LogP contribution in [0.5, 0.6) is 0 Å². The molecule has 5 nitrogen and oxygen atoms in total. The molecule has 0 amide bonds. The lowest BCUT2D eigenvalue weighted by atomic mass is 10.0. The van der Waals surface area contributed by atoms with Gasteiger partial charge in [-0.1, -0.05) is 6.07 Å². The Kier molecular flexibility index (Phi) is 6.11. The maximum absolute atomic E-state index is 13.3. The van der Waals surface area contributed by atoms with Crippen LogP contribution in [0.1, 0.15) is 30.0 Å². The first-order chi connectivity index (χ1) is 14.5. The van der Waals surface area contributed by atoms with Crippen LogP contribution < -0.4 is 5.32 Å². The average Bonchev–Trinajstić information content (AvgIpc) is 3.34. The Bertz CT molecular complexity index is 990. The summed E-state index contributed by atoms with van der Waals surface area (Å²) in [5.41, 5.74) is 1.75. The normalized spacial score (nSPS) is 18.8. The molecule has 0 bridgehead atoms. The minimum atomic E-state index is -0.266. The Hall–Kier alpha value is -2.77. The third-order valence-electron chi connectivity index (χ3n) is 5.25. The van der Waals surface area contributed by atoms with Gasteiger partial charge in [-0.15, -0.1) is 0 Å². The molecule has 0 aliphatic carbocycles. The van der Waals surface area contributed by atoms with Gasteiger partial charge in [0, 0.05) is 18.3 Å². The number of hydrogen-bond donors (Lipinski definition) is 1. The first-order valence-electron chi connectivity index (χ1n) is 10.0. The lowest BCUT2D eigenvalue weighted by Crippen LogP contribution is -2.32. The number of thiocarbonyl (C=S) groups is 1. The molecular weight excluding hydrogens is 399 g/mol. The summed E-state index contributed by atoms with van der Waals surface area (Å²) < 4.78 is 19.5. The predicted octanol–water partition coefficient (Wildman–Crippen LogP) is 4.40. The largest absolute Gasteiger partial charge is 0.459 e. The maximum Gasteiger partial charge on any atom is 0.170 e. The van der Waals surface area contributed by atoms with Crippen LogP contribution in [0.15, 0.2) is 65.2 Å². The molecule has 3 aromatic rings. The monoisotopic (exact) mass is 424 g/mol. The van der Waals surface area contributed by atoms with Gasteiger partial charge in [0.1, 0.15) is 23.4 Å². The van der Waals surface area contributed by atoms with Gasteiger partial charge >= 0.3 is 0 Å². The Morgan fingerprint density at radius 1 is 1.13 bits per heavy atom. The number of rotatable bonds is 7. The van der Waals surface area contributed by atoms with Gasteiger partial charge in [0.05, 0.1) is 11.7 Å². The number of pyridine rings is 1. The SMILES string of the molecule is CN(C)CCCN1C(=S)NC(c2ccccn2)C1c1ccc(-c2ccc(F)cc2)o1. The molecular formula is C23H25FN4OS. The van der Waals surface area contributed by atoms with E-state index in [1.165, 1.54) is 12.1 Å². The summed E-state index contributed by atoms with van der Waals surface area (Å²) in [4.78, 5) is 8.90. The molecule has 2 unspecified atom stereocenters. The van der Waals surface area contributed by atoms with Crippen molar-refractivity contribution in [3.63, 3.8) is 0 Å². The first kappa shape index (κ1) is 20.5. The van der Waals surface area contributed by atoms with E-state index in [0.29, 0.717) is 10.9 Å². The molecule has 1 aliphatic heterocycles. The van der Waals surface area contributed by atoms with E-state index >= 15 is 0 Å². The zero-order valence-electron chi connectivity index (χ0n) is 17.1. The van der Waals surface area contributed by atoms with E-state index in [9.17, 15) is 4.39 Å². The van der Waals surface area contributed by atoms with Crippen LogP contribution >= 0.6 is 12.2 Å².